The van der Waals surface area contributed by atoms with Crippen LogP contribution in [0.1, 0.15) is 12.5 Å². The molecule has 3 aromatic rings. The summed E-state index contributed by atoms with van der Waals surface area (Å²) in [6, 6.07) is 7.67. The van der Waals surface area contributed by atoms with Gasteiger partial charge in [-0.1, -0.05) is 0 Å². The van der Waals surface area contributed by atoms with Crippen LogP contribution in [0.15, 0.2) is 33.9 Å². The van der Waals surface area contributed by atoms with Crippen molar-refractivity contribution < 1.29 is 4.74 Å². The SMILES string of the molecule is COc1ccc2[nH]c(=O)c3sccc3c2c1C=C(C)C#N. The smallest absolute Gasteiger partial charge is 0.266 e. The lowest BCUT2D eigenvalue weighted by Gasteiger charge is -2.10. The predicted octanol–water partition coefficient (Wildman–Crippen LogP) is 3.68. The van der Waals surface area contributed by atoms with Crippen LogP contribution in [0.25, 0.3) is 27.1 Å². The van der Waals surface area contributed by atoms with Crippen LogP contribution in [0.3, 0.4) is 0 Å². The van der Waals surface area contributed by atoms with Gasteiger partial charge < -0.3 is 9.72 Å². The van der Waals surface area contributed by atoms with E-state index >= 15 is 0 Å². The normalized spacial score (nSPS) is 11.8. The molecule has 5 heteroatoms. The molecule has 0 amide bonds. The molecule has 0 aliphatic heterocycles. The Hall–Kier alpha value is -2.58. The maximum Gasteiger partial charge on any atom is 0.266 e. The second-order valence-corrected chi connectivity index (χ2v) is 5.58. The van der Waals surface area contributed by atoms with Gasteiger partial charge in [0.05, 0.1) is 13.2 Å². The van der Waals surface area contributed by atoms with Crippen LogP contribution >= 0.6 is 11.3 Å². The van der Waals surface area contributed by atoms with Crippen molar-refractivity contribution in [3.05, 3.63) is 45.1 Å². The van der Waals surface area contributed by atoms with Crippen molar-refractivity contribution in [1.82, 2.24) is 4.98 Å². The molecule has 0 aliphatic rings. The number of pyridine rings is 1. The zero-order valence-corrected chi connectivity index (χ0v) is 12.4. The standard InChI is InChI=1S/C16H12N2O2S/c1-9(8-17)7-11-13(20-2)4-3-12-14(11)10-5-6-21-15(10)16(19)18-12/h3-7H,1-2H3,(H,18,19). The molecule has 0 atom stereocenters. The summed E-state index contributed by atoms with van der Waals surface area (Å²) in [6.45, 7) is 1.74. The van der Waals surface area contributed by atoms with Crippen LogP contribution in [0.5, 0.6) is 5.75 Å². The number of nitrogens with one attached hydrogen (secondary N) is 1. The highest BCUT2D eigenvalue weighted by Crippen LogP contribution is 2.34. The number of thiophene rings is 1. The number of hydrogen-bond donors (Lipinski definition) is 1. The third-order valence-electron chi connectivity index (χ3n) is 3.35. The Morgan fingerprint density at radius 2 is 2.24 bits per heavy atom. The molecule has 0 bridgehead atoms. The molecule has 4 nitrogen and oxygen atoms in total. The molecule has 0 spiro atoms. The van der Waals surface area contributed by atoms with Gasteiger partial charge in [-0.2, -0.15) is 5.26 Å². The van der Waals surface area contributed by atoms with E-state index in [1.54, 1.807) is 26.2 Å². The molecule has 0 unspecified atom stereocenters. The number of benzene rings is 1. The number of H-pyrrole nitrogens is 1. The first-order valence-electron chi connectivity index (χ1n) is 6.34. The number of aromatic amines is 1. The summed E-state index contributed by atoms with van der Waals surface area (Å²) in [5.74, 6) is 0.677. The summed E-state index contributed by atoms with van der Waals surface area (Å²) >= 11 is 1.41. The summed E-state index contributed by atoms with van der Waals surface area (Å²) in [6.07, 6.45) is 1.79. The van der Waals surface area contributed by atoms with E-state index < -0.39 is 0 Å². The molecule has 0 saturated heterocycles. The third-order valence-corrected chi connectivity index (χ3v) is 4.26. The highest BCUT2D eigenvalue weighted by atomic mass is 32.1. The molecule has 1 N–H and O–H groups in total. The third kappa shape index (κ3) is 2.10. The van der Waals surface area contributed by atoms with Crippen LogP contribution in [-0.4, -0.2) is 12.1 Å². The molecule has 2 aromatic heterocycles. The number of nitriles is 1. The maximum atomic E-state index is 12.1. The average Bonchev–Trinajstić information content (AvgIpc) is 2.97. The second-order valence-electron chi connectivity index (χ2n) is 4.66. The first kappa shape index (κ1) is 13.4. The minimum atomic E-state index is -0.0930. The van der Waals surface area contributed by atoms with Gasteiger partial charge in [0.15, 0.2) is 0 Å². The first-order chi connectivity index (χ1) is 10.2. The van der Waals surface area contributed by atoms with Crippen molar-refractivity contribution in [2.24, 2.45) is 0 Å². The van der Waals surface area contributed by atoms with Crippen molar-refractivity contribution in [3.8, 4) is 11.8 Å². The van der Waals surface area contributed by atoms with E-state index in [0.717, 1.165) is 21.9 Å². The van der Waals surface area contributed by atoms with Crippen molar-refractivity contribution in [2.75, 3.05) is 7.11 Å². The van der Waals surface area contributed by atoms with Crippen molar-refractivity contribution in [2.45, 2.75) is 6.92 Å². The first-order valence-corrected chi connectivity index (χ1v) is 7.22. The van der Waals surface area contributed by atoms with Gasteiger partial charge >= 0.3 is 0 Å². The Balaban J connectivity index is 2.56. The number of fused-ring (bicyclic) bond motifs is 3. The van der Waals surface area contributed by atoms with E-state index in [9.17, 15) is 4.79 Å². The lowest BCUT2D eigenvalue weighted by Crippen LogP contribution is -2.05. The molecule has 1 aromatic carbocycles. The van der Waals surface area contributed by atoms with Crippen molar-refractivity contribution in [1.29, 1.82) is 5.26 Å². The van der Waals surface area contributed by atoms with Crippen LogP contribution < -0.4 is 10.3 Å². The fourth-order valence-electron chi connectivity index (χ4n) is 2.43. The van der Waals surface area contributed by atoms with Crippen molar-refractivity contribution >= 4 is 38.4 Å². The number of aromatic nitrogens is 1. The van der Waals surface area contributed by atoms with E-state index in [1.165, 1.54) is 11.3 Å². The largest absolute Gasteiger partial charge is 0.496 e. The van der Waals surface area contributed by atoms with E-state index in [-0.39, 0.29) is 5.56 Å². The number of methoxy groups -OCH3 is 1. The van der Waals surface area contributed by atoms with E-state index in [0.29, 0.717) is 16.0 Å². The van der Waals surface area contributed by atoms with Crippen LogP contribution in [-0.2, 0) is 0 Å². The lowest BCUT2D eigenvalue weighted by atomic mass is 10.0. The fraction of sp³-hybridized carbons (Fsp3) is 0.125. The molecular weight excluding hydrogens is 284 g/mol. The summed E-state index contributed by atoms with van der Waals surface area (Å²) in [7, 11) is 1.59. The van der Waals surface area contributed by atoms with Gasteiger partial charge in [0.2, 0.25) is 0 Å². The van der Waals surface area contributed by atoms with Crippen molar-refractivity contribution in [3.63, 3.8) is 0 Å². The molecule has 0 aliphatic carbocycles. The molecule has 0 radical (unpaired) electrons. The number of allylic oxidation sites excluding steroid dienone is 1. The monoisotopic (exact) mass is 296 g/mol. The van der Waals surface area contributed by atoms with Crippen LogP contribution in [0.4, 0.5) is 0 Å². The van der Waals surface area contributed by atoms with Crippen LogP contribution in [0, 0.1) is 11.3 Å². The molecule has 21 heavy (non-hydrogen) atoms. The summed E-state index contributed by atoms with van der Waals surface area (Å²) < 4.78 is 6.09. The minimum Gasteiger partial charge on any atom is -0.496 e. The molecule has 2 heterocycles. The Kier molecular flexibility index (Phi) is 3.24. The molecular formula is C16H12N2O2S. The lowest BCUT2D eigenvalue weighted by molar-refractivity contribution is 0.414. The number of rotatable bonds is 2. The van der Waals surface area contributed by atoms with E-state index in [1.807, 2.05) is 17.5 Å². The van der Waals surface area contributed by atoms with Gasteiger partial charge in [0, 0.05) is 27.4 Å². The highest BCUT2D eigenvalue weighted by Gasteiger charge is 2.13. The Morgan fingerprint density at radius 3 is 2.95 bits per heavy atom. The Bertz CT molecular complexity index is 974. The molecule has 104 valence electrons. The summed E-state index contributed by atoms with van der Waals surface area (Å²) in [4.78, 5) is 14.9. The van der Waals surface area contributed by atoms with Gasteiger partial charge in [0.1, 0.15) is 10.4 Å². The molecule has 3 rings (SSSR count). The maximum absolute atomic E-state index is 12.1. The number of ether oxygens (including phenoxy) is 1. The van der Waals surface area contributed by atoms with Crippen LogP contribution in [0.2, 0.25) is 0 Å². The zero-order chi connectivity index (χ0) is 15.0. The minimum absolute atomic E-state index is 0.0930. The van der Waals surface area contributed by atoms with Gasteiger partial charge in [-0.15, -0.1) is 11.3 Å². The summed E-state index contributed by atoms with van der Waals surface area (Å²) in [5.41, 5.74) is 2.04. The van der Waals surface area contributed by atoms with Gasteiger partial charge in [0.25, 0.3) is 5.56 Å². The summed E-state index contributed by atoms with van der Waals surface area (Å²) in [5, 5.41) is 12.7. The number of nitrogens with zero attached hydrogens (tertiary/aromatic N) is 1. The quantitative estimate of drug-likeness (QED) is 0.734. The Labute approximate surface area is 124 Å². The fourth-order valence-corrected chi connectivity index (χ4v) is 3.22. The van der Waals surface area contributed by atoms with Gasteiger partial charge in [-0.3, -0.25) is 4.79 Å². The predicted molar refractivity (Wildman–Crippen MR) is 85.8 cm³/mol. The molecule has 0 fully saturated rings. The topological polar surface area (TPSA) is 65.9 Å². The molecule has 0 saturated carbocycles. The van der Waals surface area contributed by atoms with E-state index in [4.69, 9.17) is 10.00 Å². The van der Waals surface area contributed by atoms with Gasteiger partial charge in [-0.25, -0.2) is 0 Å². The highest BCUT2D eigenvalue weighted by molar-refractivity contribution is 7.17. The zero-order valence-electron chi connectivity index (χ0n) is 11.6. The van der Waals surface area contributed by atoms with E-state index in [2.05, 4.69) is 11.1 Å². The second kappa shape index (κ2) is 5.08. The Morgan fingerprint density at radius 1 is 1.43 bits per heavy atom. The number of hydrogen-bond acceptors (Lipinski definition) is 4. The van der Waals surface area contributed by atoms with Gasteiger partial charge in [-0.05, 0) is 36.6 Å². The average molecular weight is 296 g/mol.